The number of aryl methyl sites for hydroxylation is 1. The Morgan fingerprint density at radius 3 is 2.71 bits per heavy atom. The molecule has 0 radical (unpaired) electrons. The fourth-order valence-corrected chi connectivity index (χ4v) is 2.71. The number of anilines is 1. The minimum absolute atomic E-state index is 0.276. The number of nitrogens with one attached hydrogen (secondary N) is 1. The number of nitrogen functional groups attached to an aromatic ring is 1. The summed E-state index contributed by atoms with van der Waals surface area (Å²) in [4.78, 5) is -0.374. The minimum Gasteiger partial charge on any atom is -0.398 e. The van der Waals surface area contributed by atoms with Crippen LogP contribution >= 0.6 is 0 Å². The van der Waals surface area contributed by atoms with Gasteiger partial charge in [0.25, 0.3) is 0 Å². The Hall–Kier alpha value is -1.14. The van der Waals surface area contributed by atoms with Gasteiger partial charge in [-0.3, -0.25) is 0 Å². The Labute approximate surface area is 100 Å². The Morgan fingerprint density at radius 2 is 2.12 bits per heavy atom. The van der Waals surface area contributed by atoms with Crippen molar-refractivity contribution in [2.45, 2.75) is 24.7 Å². The van der Waals surface area contributed by atoms with Crippen LogP contribution in [-0.4, -0.2) is 15.0 Å². The molecular weight excluding hydrogens is 243 g/mol. The molecule has 0 aromatic heterocycles. The largest absolute Gasteiger partial charge is 0.398 e. The zero-order valence-corrected chi connectivity index (χ0v) is 10.3. The molecule has 0 atom stereocenters. The van der Waals surface area contributed by atoms with E-state index in [0.29, 0.717) is 18.0 Å². The molecule has 0 amide bonds. The van der Waals surface area contributed by atoms with Crippen molar-refractivity contribution in [3.05, 3.63) is 23.5 Å². The number of benzene rings is 1. The third-order valence-corrected chi connectivity index (χ3v) is 4.31. The molecule has 0 saturated heterocycles. The molecule has 17 heavy (non-hydrogen) atoms. The monoisotopic (exact) mass is 258 g/mol. The van der Waals surface area contributed by atoms with Crippen LogP contribution < -0.4 is 10.5 Å². The predicted octanol–water partition coefficient (Wildman–Crippen LogP) is 1.40. The van der Waals surface area contributed by atoms with Crippen LogP contribution in [0.4, 0.5) is 10.1 Å². The average molecular weight is 258 g/mol. The van der Waals surface area contributed by atoms with Crippen LogP contribution in [-0.2, 0) is 10.0 Å². The van der Waals surface area contributed by atoms with Crippen molar-refractivity contribution in [3.63, 3.8) is 0 Å². The molecule has 1 aliphatic carbocycles. The van der Waals surface area contributed by atoms with E-state index in [1.165, 1.54) is 6.07 Å². The molecule has 0 heterocycles. The lowest BCUT2D eigenvalue weighted by Crippen LogP contribution is -2.26. The number of hydrogen-bond donors (Lipinski definition) is 2. The number of rotatable bonds is 4. The molecule has 4 nitrogen and oxygen atoms in total. The third kappa shape index (κ3) is 2.76. The minimum atomic E-state index is -3.79. The fourth-order valence-electron chi connectivity index (χ4n) is 1.50. The molecule has 0 spiro atoms. The van der Waals surface area contributed by atoms with E-state index in [-0.39, 0.29) is 10.6 Å². The van der Waals surface area contributed by atoms with Gasteiger partial charge in [-0.2, -0.15) is 0 Å². The molecule has 1 aromatic carbocycles. The summed E-state index contributed by atoms with van der Waals surface area (Å²) in [5.74, 6) is -0.365. The van der Waals surface area contributed by atoms with Crippen LogP contribution in [0.5, 0.6) is 0 Å². The number of sulfonamides is 1. The van der Waals surface area contributed by atoms with Crippen molar-refractivity contribution in [3.8, 4) is 0 Å². The predicted molar refractivity (Wildman–Crippen MR) is 63.5 cm³/mol. The van der Waals surface area contributed by atoms with Crippen molar-refractivity contribution in [1.29, 1.82) is 0 Å². The zero-order chi connectivity index (χ0) is 12.6. The van der Waals surface area contributed by atoms with E-state index in [0.717, 1.165) is 18.9 Å². The van der Waals surface area contributed by atoms with Crippen LogP contribution in [0.25, 0.3) is 0 Å². The van der Waals surface area contributed by atoms with Gasteiger partial charge in [-0.05, 0) is 43.4 Å². The topological polar surface area (TPSA) is 72.2 Å². The van der Waals surface area contributed by atoms with Gasteiger partial charge >= 0.3 is 0 Å². The van der Waals surface area contributed by atoms with E-state index in [2.05, 4.69) is 4.72 Å². The standard InChI is InChI=1S/C11H15FN2O2S/c1-7-4-9(12)11(5-10(7)13)17(15,16)14-6-8-2-3-8/h4-5,8,14H,2-3,6,13H2,1H3. The summed E-state index contributed by atoms with van der Waals surface area (Å²) in [7, 11) is -3.79. The van der Waals surface area contributed by atoms with Gasteiger partial charge in [0, 0.05) is 12.2 Å². The lowest BCUT2D eigenvalue weighted by molar-refractivity contribution is 0.554. The lowest BCUT2D eigenvalue weighted by Gasteiger charge is -2.09. The maximum atomic E-state index is 13.6. The van der Waals surface area contributed by atoms with Crippen molar-refractivity contribution in [1.82, 2.24) is 4.72 Å². The maximum absolute atomic E-state index is 13.6. The zero-order valence-electron chi connectivity index (χ0n) is 9.53. The Morgan fingerprint density at radius 1 is 1.47 bits per heavy atom. The highest BCUT2D eigenvalue weighted by Gasteiger charge is 2.26. The maximum Gasteiger partial charge on any atom is 0.243 e. The van der Waals surface area contributed by atoms with Gasteiger partial charge in [-0.15, -0.1) is 0 Å². The molecule has 0 bridgehead atoms. The number of hydrogen-bond acceptors (Lipinski definition) is 3. The first-order valence-electron chi connectivity index (χ1n) is 5.45. The van der Waals surface area contributed by atoms with Crippen LogP contribution in [0.2, 0.25) is 0 Å². The normalized spacial score (nSPS) is 16.1. The molecule has 0 aliphatic heterocycles. The van der Waals surface area contributed by atoms with Crippen LogP contribution in [0.1, 0.15) is 18.4 Å². The van der Waals surface area contributed by atoms with E-state index < -0.39 is 15.8 Å². The lowest BCUT2D eigenvalue weighted by atomic mass is 10.2. The van der Waals surface area contributed by atoms with Crippen molar-refractivity contribution in [2.24, 2.45) is 5.92 Å². The molecule has 6 heteroatoms. The molecule has 1 saturated carbocycles. The summed E-state index contributed by atoms with van der Waals surface area (Å²) in [6.45, 7) is 2.00. The second kappa shape index (κ2) is 4.27. The van der Waals surface area contributed by atoms with Crippen molar-refractivity contribution >= 4 is 15.7 Å². The smallest absolute Gasteiger partial charge is 0.243 e. The van der Waals surface area contributed by atoms with Crippen molar-refractivity contribution in [2.75, 3.05) is 12.3 Å². The molecule has 94 valence electrons. The van der Waals surface area contributed by atoms with Gasteiger partial charge in [-0.25, -0.2) is 17.5 Å². The summed E-state index contributed by atoms with van der Waals surface area (Å²) in [6.07, 6.45) is 2.06. The van der Waals surface area contributed by atoms with Gasteiger partial charge in [0.1, 0.15) is 10.7 Å². The van der Waals surface area contributed by atoms with E-state index >= 15 is 0 Å². The highest BCUT2D eigenvalue weighted by Crippen LogP contribution is 2.28. The van der Waals surface area contributed by atoms with E-state index in [1.807, 2.05) is 0 Å². The highest BCUT2D eigenvalue weighted by atomic mass is 32.2. The Bertz CT molecular complexity index is 539. The first-order chi connectivity index (χ1) is 7.90. The number of halogens is 1. The molecular formula is C11H15FN2O2S. The second-order valence-electron chi connectivity index (χ2n) is 4.43. The highest BCUT2D eigenvalue weighted by molar-refractivity contribution is 7.89. The average Bonchev–Trinajstić information content (AvgIpc) is 3.04. The van der Waals surface area contributed by atoms with E-state index in [9.17, 15) is 12.8 Å². The molecule has 0 unspecified atom stereocenters. The Balaban J connectivity index is 2.27. The summed E-state index contributed by atoms with van der Waals surface area (Å²) >= 11 is 0. The second-order valence-corrected chi connectivity index (χ2v) is 6.17. The summed E-state index contributed by atoms with van der Waals surface area (Å²) in [5, 5.41) is 0. The SMILES string of the molecule is Cc1cc(F)c(S(=O)(=O)NCC2CC2)cc1N. The fraction of sp³-hybridized carbons (Fsp3) is 0.455. The molecule has 1 fully saturated rings. The summed E-state index contributed by atoms with van der Waals surface area (Å²) < 4.78 is 39.7. The van der Waals surface area contributed by atoms with Gasteiger partial charge in [-0.1, -0.05) is 0 Å². The first kappa shape index (κ1) is 12.3. The Kier molecular flexibility index (Phi) is 3.09. The van der Waals surface area contributed by atoms with E-state index in [4.69, 9.17) is 5.73 Å². The summed E-state index contributed by atoms with van der Waals surface area (Å²) in [6, 6.07) is 2.31. The van der Waals surface area contributed by atoms with Gasteiger partial charge in [0.05, 0.1) is 0 Å². The third-order valence-electron chi connectivity index (χ3n) is 2.87. The van der Waals surface area contributed by atoms with Crippen LogP contribution in [0.15, 0.2) is 17.0 Å². The van der Waals surface area contributed by atoms with E-state index in [1.54, 1.807) is 6.92 Å². The molecule has 2 rings (SSSR count). The molecule has 1 aliphatic rings. The molecule has 3 N–H and O–H groups in total. The number of nitrogens with two attached hydrogens (primary N) is 1. The van der Waals surface area contributed by atoms with Gasteiger partial charge in [0.15, 0.2) is 0 Å². The molecule has 1 aromatic rings. The van der Waals surface area contributed by atoms with Gasteiger partial charge < -0.3 is 5.73 Å². The summed E-state index contributed by atoms with van der Waals surface area (Å²) in [5.41, 5.74) is 6.40. The van der Waals surface area contributed by atoms with Crippen molar-refractivity contribution < 1.29 is 12.8 Å². The van der Waals surface area contributed by atoms with Crippen LogP contribution in [0, 0.1) is 18.7 Å². The van der Waals surface area contributed by atoms with Gasteiger partial charge in [0.2, 0.25) is 10.0 Å². The first-order valence-corrected chi connectivity index (χ1v) is 6.94. The quantitative estimate of drug-likeness (QED) is 0.802. The van der Waals surface area contributed by atoms with Crippen LogP contribution in [0.3, 0.4) is 0 Å².